The highest BCUT2D eigenvalue weighted by Crippen LogP contribution is 2.23. The van der Waals surface area contributed by atoms with Crippen molar-refractivity contribution in [1.82, 2.24) is 5.32 Å². The maximum absolute atomic E-state index is 12.6. The molecule has 0 saturated heterocycles. The minimum absolute atomic E-state index is 0.0876. The van der Waals surface area contributed by atoms with E-state index in [9.17, 15) is 4.79 Å². The topological polar surface area (TPSA) is 53.5 Å². The van der Waals surface area contributed by atoms with Gasteiger partial charge in [-0.25, -0.2) is 4.99 Å². The van der Waals surface area contributed by atoms with Crippen LogP contribution < -0.4 is 10.6 Å². The Labute approximate surface area is 172 Å². The lowest BCUT2D eigenvalue weighted by molar-refractivity contribution is 0.0977. The van der Waals surface area contributed by atoms with Crippen molar-refractivity contribution in [2.45, 2.75) is 32.7 Å². The number of amides is 1. The van der Waals surface area contributed by atoms with Gasteiger partial charge in [0.05, 0.1) is 6.54 Å². The highest BCUT2D eigenvalue weighted by molar-refractivity contribution is 6.09. The van der Waals surface area contributed by atoms with Gasteiger partial charge in [-0.1, -0.05) is 81.4 Å². The monoisotopic (exact) mass is 385 g/mol. The largest absolute Gasteiger partial charge is 0.326 e. The van der Waals surface area contributed by atoms with Crippen molar-refractivity contribution >= 4 is 17.6 Å². The molecular formula is C25H27N3O. The Morgan fingerprint density at radius 3 is 2.00 bits per heavy atom. The van der Waals surface area contributed by atoms with Crippen LogP contribution >= 0.6 is 0 Å². The summed E-state index contributed by atoms with van der Waals surface area (Å²) in [5.41, 5.74) is 3.87. The van der Waals surface area contributed by atoms with Gasteiger partial charge in [0.2, 0.25) is 5.96 Å². The van der Waals surface area contributed by atoms with Gasteiger partial charge >= 0.3 is 0 Å². The number of carbonyl (C=O) groups excluding carboxylic acids is 1. The molecule has 1 amide bonds. The molecule has 148 valence electrons. The zero-order chi connectivity index (χ0) is 20.7. The van der Waals surface area contributed by atoms with Crippen LogP contribution in [0, 0.1) is 0 Å². The van der Waals surface area contributed by atoms with Crippen LogP contribution in [0.4, 0.5) is 5.69 Å². The first-order chi connectivity index (χ1) is 13.9. The lowest BCUT2D eigenvalue weighted by Gasteiger charge is -2.19. The van der Waals surface area contributed by atoms with E-state index in [0.717, 1.165) is 11.3 Å². The second-order valence-electron chi connectivity index (χ2n) is 7.92. The van der Waals surface area contributed by atoms with Gasteiger partial charge in [-0.3, -0.25) is 10.1 Å². The van der Waals surface area contributed by atoms with Crippen molar-refractivity contribution in [2.24, 2.45) is 4.99 Å². The second kappa shape index (κ2) is 9.20. The first-order valence-corrected chi connectivity index (χ1v) is 9.74. The van der Waals surface area contributed by atoms with Gasteiger partial charge in [-0.15, -0.1) is 0 Å². The summed E-state index contributed by atoms with van der Waals surface area (Å²) in [7, 11) is 0. The fourth-order valence-corrected chi connectivity index (χ4v) is 2.82. The third-order valence-corrected chi connectivity index (χ3v) is 4.54. The van der Waals surface area contributed by atoms with Gasteiger partial charge in [0.15, 0.2) is 0 Å². The van der Waals surface area contributed by atoms with Crippen molar-refractivity contribution in [2.75, 3.05) is 5.32 Å². The third-order valence-electron chi connectivity index (χ3n) is 4.54. The maximum Gasteiger partial charge on any atom is 0.257 e. The quantitative estimate of drug-likeness (QED) is 0.468. The predicted octanol–water partition coefficient (Wildman–Crippen LogP) is 5.38. The summed E-state index contributed by atoms with van der Waals surface area (Å²) in [4.78, 5) is 17.2. The SMILES string of the molecule is CC(C)(C)c1ccc(NC(=NCc2ccccc2)NC(=O)c2ccccc2)cc1. The molecule has 0 aliphatic heterocycles. The van der Waals surface area contributed by atoms with Gasteiger partial charge in [0.25, 0.3) is 5.91 Å². The van der Waals surface area contributed by atoms with E-state index in [4.69, 9.17) is 0 Å². The van der Waals surface area contributed by atoms with Gasteiger partial charge in [-0.05, 0) is 40.8 Å². The molecule has 3 aromatic carbocycles. The normalized spacial score (nSPS) is 11.8. The van der Waals surface area contributed by atoms with Gasteiger partial charge in [0, 0.05) is 11.3 Å². The molecule has 0 heterocycles. The average Bonchev–Trinajstić information content (AvgIpc) is 2.73. The Kier molecular flexibility index (Phi) is 6.45. The second-order valence-corrected chi connectivity index (χ2v) is 7.92. The van der Waals surface area contributed by atoms with Crippen molar-refractivity contribution in [1.29, 1.82) is 0 Å². The van der Waals surface area contributed by atoms with E-state index in [0.29, 0.717) is 18.1 Å². The summed E-state index contributed by atoms with van der Waals surface area (Å²) < 4.78 is 0. The molecule has 0 aliphatic rings. The number of rotatable bonds is 4. The maximum atomic E-state index is 12.6. The molecule has 29 heavy (non-hydrogen) atoms. The van der Waals surface area contributed by atoms with E-state index >= 15 is 0 Å². The van der Waals surface area contributed by atoms with Crippen LogP contribution in [-0.4, -0.2) is 11.9 Å². The molecule has 0 atom stereocenters. The number of carbonyl (C=O) groups is 1. The molecular weight excluding hydrogens is 358 g/mol. The summed E-state index contributed by atoms with van der Waals surface area (Å²) in [5.74, 6) is 0.224. The number of anilines is 1. The fourth-order valence-electron chi connectivity index (χ4n) is 2.82. The van der Waals surface area contributed by atoms with Crippen molar-refractivity contribution in [3.63, 3.8) is 0 Å². The van der Waals surface area contributed by atoms with E-state index in [-0.39, 0.29) is 11.3 Å². The molecule has 0 aliphatic carbocycles. The summed E-state index contributed by atoms with van der Waals surface area (Å²) in [5, 5.41) is 6.14. The van der Waals surface area contributed by atoms with E-state index in [1.807, 2.05) is 60.7 Å². The molecule has 0 radical (unpaired) electrons. The molecule has 3 rings (SSSR count). The smallest absolute Gasteiger partial charge is 0.257 e. The number of nitrogens with zero attached hydrogens (tertiary/aromatic N) is 1. The van der Waals surface area contributed by atoms with Crippen molar-refractivity contribution < 1.29 is 4.79 Å². The molecule has 3 aromatic rings. The van der Waals surface area contributed by atoms with Gasteiger partial charge < -0.3 is 5.32 Å². The Balaban J connectivity index is 1.79. The summed E-state index contributed by atoms with van der Waals surface area (Å²) >= 11 is 0. The lowest BCUT2D eigenvalue weighted by Crippen LogP contribution is -2.36. The zero-order valence-electron chi connectivity index (χ0n) is 17.1. The minimum Gasteiger partial charge on any atom is -0.326 e. The number of nitrogens with one attached hydrogen (secondary N) is 2. The summed E-state index contributed by atoms with van der Waals surface area (Å²) in [6, 6.07) is 27.3. The Morgan fingerprint density at radius 1 is 0.828 bits per heavy atom. The third kappa shape index (κ3) is 6.04. The van der Waals surface area contributed by atoms with Crippen LogP contribution in [0.15, 0.2) is 89.9 Å². The predicted molar refractivity (Wildman–Crippen MR) is 120 cm³/mol. The molecule has 0 saturated carbocycles. The minimum atomic E-state index is -0.198. The van der Waals surface area contributed by atoms with E-state index < -0.39 is 0 Å². The molecule has 0 unspecified atom stereocenters. The zero-order valence-corrected chi connectivity index (χ0v) is 17.1. The van der Waals surface area contributed by atoms with Crippen LogP contribution in [0.1, 0.15) is 42.3 Å². The Hall–Kier alpha value is -3.40. The Morgan fingerprint density at radius 2 is 1.41 bits per heavy atom. The van der Waals surface area contributed by atoms with Crippen LogP contribution in [0.5, 0.6) is 0 Å². The van der Waals surface area contributed by atoms with E-state index in [1.54, 1.807) is 12.1 Å². The van der Waals surface area contributed by atoms with Crippen LogP contribution in [0.2, 0.25) is 0 Å². The molecule has 0 spiro atoms. The van der Waals surface area contributed by atoms with Crippen molar-refractivity contribution in [3.05, 3.63) is 102 Å². The first-order valence-electron chi connectivity index (χ1n) is 9.74. The summed E-state index contributed by atoms with van der Waals surface area (Å²) in [6.07, 6.45) is 0. The van der Waals surface area contributed by atoms with Gasteiger partial charge in [0.1, 0.15) is 0 Å². The number of guanidine groups is 1. The van der Waals surface area contributed by atoms with Gasteiger partial charge in [-0.2, -0.15) is 0 Å². The van der Waals surface area contributed by atoms with Crippen LogP contribution in [0.3, 0.4) is 0 Å². The van der Waals surface area contributed by atoms with E-state index in [2.05, 4.69) is 48.5 Å². The fraction of sp³-hybridized carbons (Fsp3) is 0.200. The number of benzene rings is 3. The standard InChI is InChI=1S/C25H27N3O/c1-25(2,3)21-14-16-22(17-15-21)27-24(26-18-19-10-6-4-7-11-19)28-23(29)20-12-8-5-9-13-20/h4-17H,18H2,1-3H3,(H2,26,27,28,29). The highest BCUT2D eigenvalue weighted by atomic mass is 16.1. The van der Waals surface area contributed by atoms with E-state index in [1.165, 1.54) is 5.56 Å². The molecule has 4 nitrogen and oxygen atoms in total. The number of hydrogen-bond acceptors (Lipinski definition) is 2. The lowest BCUT2D eigenvalue weighted by atomic mass is 9.87. The summed E-state index contributed by atoms with van der Waals surface area (Å²) in [6.45, 7) is 7.02. The molecule has 0 fully saturated rings. The number of hydrogen-bond donors (Lipinski definition) is 2. The average molecular weight is 386 g/mol. The number of aliphatic imine (C=N–C) groups is 1. The molecule has 2 N–H and O–H groups in total. The van der Waals surface area contributed by atoms with Crippen LogP contribution in [0.25, 0.3) is 0 Å². The first kappa shape index (κ1) is 20.3. The highest BCUT2D eigenvalue weighted by Gasteiger charge is 2.13. The molecule has 4 heteroatoms. The molecule has 0 aromatic heterocycles. The Bertz CT molecular complexity index is 956. The molecule has 0 bridgehead atoms. The van der Waals surface area contributed by atoms with Crippen LogP contribution in [-0.2, 0) is 12.0 Å². The van der Waals surface area contributed by atoms with Crippen molar-refractivity contribution in [3.8, 4) is 0 Å².